The van der Waals surface area contributed by atoms with Crippen molar-refractivity contribution in [2.75, 3.05) is 38.7 Å². The Bertz CT molecular complexity index is 1210. The smallest absolute Gasteiger partial charge is 0.254 e. The molecule has 0 aliphatic carbocycles. The molecule has 0 aromatic heterocycles. The molecule has 0 unspecified atom stereocenters. The first-order valence-electron chi connectivity index (χ1n) is 12.5. The van der Waals surface area contributed by atoms with Crippen LogP contribution in [0.15, 0.2) is 72.8 Å². The van der Waals surface area contributed by atoms with Gasteiger partial charge >= 0.3 is 0 Å². The fourth-order valence-electron chi connectivity index (χ4n) is 5.06. The fourth-order valence-corrected chi connectivity index (χ4v) is 5.06. The predicted octanol–water partition coefficient (Wildman–Crippen LogP) is 4.95. The van der Waals surface area contributed by atoms with Gasteiger partial charge in [0.25, 0.3) is 5.91 Å². The Balaban J connectivity index is 1.52. The van der Waals surface area contributed by atoms with Crippen LogP contribution in [0.2, 0.25) is 0 Å². The molecule has 2 amide bonds. The highest BCUT2D eigenvalue weighted by Crippen LogP contribution is 2.42. The summed E-state index contributed by atoms with van der Waals surface area (Å²) in [5.74, 6) is 0.0869. The van der Waals surface area contributed by atoms with E-state index in [0.717, 1.165) is 36.4 Å². The van der Waals surface area contributed by atoms with Crippen molar-refractivity contribution in [2.24, 2.45) is 0 Å². The number of rotatable bonds is 9. The molecule has 6 nitrogen and oxygen atoms in total. The number of likely N-dealkylation sites (N-methyl/N-ethyl adjacent to an activating group) is 1. The number of anilines is 1. The van der Waals surface area contributed by atoms with Crippen LogP contribution in [0.4, 0.5) is 5.69 Å². The third-order valence-corrected chi connectivity index (χ3v) is 6.97. The molecule has 0 bridgehead atoms. The van der Waals surface area contributed by atoms with Crippen molar-refractivity contribution in [1.82, 2.24) is 10.2 Å². The Morgan fingerprint density at radius 3 is 2.50 bits per heavy atom. The molecule has 6 heteroatoms. The molecule has 1 N–H and O–H groups in total. The van der Waals surface area contributed by atoms with E-state index >= 15 is 0 Å². The summed E-state index contributed by atoms with van der Waals surface area (Å²) in [6, 6.07) is 23.1. The largest absolute Gasteiger partial charge is 0.497 e. The van der Waals surface area contributed by atoms with Crippen molar-refractivity contribution >= 4 is 17.5 Å². The van der Waals surface area contributed by atoms with Crippen molar-refractivity contribution in [3.05, 3.63) is 95.1 Å². The summed E-state index contributed by atoms with van der Waals surface area (Å²) in [6.07, 6.45) is 0.823. The minimum absolute atomic E-state index is 0.0683. The normalized spacial score (nSPS) is 16.9. The number of benzene rings is 3. The van der Waals surface area contributed by atoms with E-state index in [4.69, 9.17) is 4.74 Å². The van der Waals surface area contributed by atoms with Crippen LogP contribution in [0.25, 0.3) is 0 Å². The van der Waals surface area contributed by atoms with E-state index < -0.39 is 12.0 Å². The summed E-state index contributed by atoms with van der Waals surface area (Å²) in [5.41, 5.74) is 4.69. The van der Waals surface area contributed by atoms with E-state index in [9.17, 15) is 9.59 Å². The van der Waals surface area contributed by atoms with Gasteiger partial charge in [-0.2, -0.15) is 0 Å². The summed E-state index contributed by atoms with van der Waals surface area (Å²) in [6.45, 7) is 6.56. The zero-order valence-electron chi connectivity index (χ0n) is 21.5. The van der Waals surface area contributed by atoms with Crippen molar-refractivity contribution in [3.63, 3.8) is 0 Å². The number of methoxy groups -OCH3 is 1. The minimum atomic E-state index is -0.503. The third kappa shape index (κ3) is 5.23. The average Bonchev–Trinajstić information content (AvgIpc) is 2.90. The summed E-state index contributed by atoms with van der Waals surface area (Å²) >= 11 is 0. The van der Waals surface area contributed by atoms with Crippen LogP contribution in [0, 0.1) is 6.92 Å². The fraction of sp³-hybridized carbons (Fsp3) is 0.333. The van der Waals surface area contributed by atoms with Crippen molar-refractivity contribution in [2.45, 2.75) is 32.2 Å². The van der Waals surface area contributed by atoms with E-state index in [2.05, 4.69) is 48.3 Å². The van der Waals surface area contributed by atoms with Gasteiger partial charge in [-0.05, 0) is 67.3 Å². The molecular weight excluding hydrogens is 450 g/mol. The molecule has 0 fully saturated rings. The second-order valence-electron chi connectivity index (χ2n) is 9.26. The highest BCUT2D eigenvalue weighted by atomic mass is 16.5. The number of carbonyl (C=O) groups is 2. The molecule has 1 aliphatic heterocycles. The van der Waals surface area contributed by atoms with Crippen LogP contribution in [-0.2, 0) is 4.79 Å². The molecule has 36 heavy (non-hydrogen) atoms. The molecule has 3 aromatic rings. The van der Waals surface area contributed by atoms with Gasteiger partial charge in [-0.3, -0.25) is 9.59 Å². The lowest BCUT2D eigenvalue weighted by molar-refractivity contribution is -0.124. The molecule has 1 heterocycles. The molecule has 3 aromatic carbocycles. The zero-order chi connectivity index (χ0) is 25.7. The molecular formula is C30H35N3O3. The minimum Gasteiger partial charge on any atom is -0.497 e. The second-order valence-corrected chi connectivity index (χ2v) is 9.26. The third-order valence-electron chi connectivity index (χ3n) is 6.97. The van der Waals surface area contributed by atoms with Gasteiger partial charge in [-0.1, -0.05) is 42.5 Å². The number of nitrogens with one attached hydrogen (secondary N) is 1. The Kier molecular flexibility index (Phi) is 7.93. The summed E-state index contributed by atoms with van der Waals surface area (Å²) in [4.78, 5) is 30.9. The molecule has 1 aliphatic rings. The Hall–Kier alpha value is -3.80. The molecule has 2 atom stereocenters. The van der Waals surface area contributed by atoms with Gasteiger partial charge in [-0.25, -0.2) is 0 Å². The first kappa shape index (κ1) is 25.3. The maximum Gasteiger partial charge on any atom is 0.254 e. The lowest BCUT2D eigenvalue weighted by Crippen LogP contribution is -2.46. The molecule has 188 valence electrons. The number of aryl methyl sites for hydroxylation is 1. The van der Waals surface area contributed by atoms with Crippen LogP contribution in [0.5, 0.6) is 5.75 Å². The maximum atomic E-state index is 13.7. The molecule has 0 saturated heterocycles. The Morgan fingerprint density at radius 1 is 1.06 bits per heavy atom. The lowest BCUT2D eigenvalue weighted by Gasteiger charge is -2.39. The second kappa shape index (κ2) is 11.3. The number of hydrogen-bond donors (Lipinski definition) is 1. The van der Waals surface area contributed by atoms with Crippen LogP contribution in [0.3, 0.4) is 0 Å². The van der Waals surface area contributed by atoms with Gasteiger partial charge in [0.05, 0.1) is 19.1 Å². The highest BCUT2D eigenvalue weighted by molar-refractivity contribution is 6.01. The highest BCUT2D eigenvalue weighted by Gasteiger charge is 2.42. The first-order valence-corrected chi connectivity index (χ1v) is 12.5. The number of amides is 2. The number of ether oxygens (including phenoxy) is 1. The quantitative estimate of drug-likeness (QED) is 0.436. The van der Waals surface area contributed by atoms with Gasteiger partial charge in [0.2, 0.25) is 5.91 Å². The van der Waals surface area contributed by atoms with Crippen LogP contribution < -0.4 is 15.0 Å². The number of carbonyl (C=O) groups excluding carboxylic acids is 2. The molecule has 4 rings (SSSR count). The first-order chi connectivity index (χ1) is 17.4. The summed E-state index contributed by atoms with van der Waals surface area (Å²) < 4.78 is 5.30. The Morgan fingerprint density at radius 2 is 1.81 bits per heavy atom. The van der Waals surface area contributed by atoms with Crippen LogP contribution in [0.1, 0.15) is 52.4 Å². The number of hydrogen-bond acceptors (Lipinski definition) is 4. The van der Waals surface area contributed by atoms with Gasteiger partial charge < -0.3 is 19.9 Å². The predicted molar refractivity (Wildman–Crippen MR) is 144 cm³/mol. The van der Waals surface area contributed by atoms with Crippen molar-refractivity contribution < 1.29 is 14.3 Å². The van der Waals surface area contributed by atoms with Crippen molar-refractivity contribution in [1.29, 1.82) is 0 Å². The number of fused-ring (bicyclic) bond motifs is 1. The van der Waals surface area contributed by atoms with Gasteiger partial charge in [0.15, 0.2) is 0 Å². The van der Waals surface area contributed by atoms with Crippen molar-refractivity contribution in [3.8, 4) is 5.75 Å². The van der Waals surface area contributed by atoms with Gasteiger partial charge in [0.1, 0.15) is 5.75 Å². The zero-order valence-corrected chi connectivity index (χ0v) is 21.5. The SMILES string of the molecule is CCN(CCCNC(=O)[C@@H]1c2ccccc2C(=O)N(C)[C@H]1c1ccc(OC)cc1)c1cccc(C)c1. The standard InChI is InChI=1S/C30H35N3O3/c1-5-33(23-11-8-10-21(2)20-23)19-9-18-31-29(34)27-25-12-6-7-13-26(25)30(35)32(3)28(27)22-14-16-24(36-4)17-15-22/h6-8,10-17,20,27-28H,5,9,18-19H2,1-4H3,(H,31,34)/t27-,28+/m1/s1. The van der Waals surface area contributed by atoms with E-state index in [1.54, 1.807) is 25.1 Å². The monoisotopic (exact) mass is 485 g/mol. The van der Waals surface area contributed by atoms with Crippen LogP contribution >= 0.6 is 0 Å². The van der Waals surface area contributed by atoms with E-state index in [1.807, 2.05) is 42.5 Å². The maximum absolute atomic E-state index is 13.7. The topological polar surface area (TPSA) is 61.9 Å². The number of nitrogens with zero attached hydrogens (tertiary/aromatic N) is 2. The molecule has 0 spiro atoms. The average molecular weight is 486 g/mol. The molecule has 0 radical (unpaired) electrons. The van der Waals surface area contributed by atoms with E-state index in [1.165, 1.54) is 11.3 Å². The van der Waals surface area contributed by atoms with Crippen LogP contribution in [-0.4, -0.2) is 50.5 Å². The summed E-state index contributed by atoms with van der Waals surface area (Å²) in [5, 5.41) is 3.17. The Labute approximate surface area is 213 Å². The van der Waals surface area contributed by atoms with Gasteiger partial charge in [-0.15, -0.1) is 0 Å². The van der Waals surface area contributed by atoms with Gasteiger partial charge in [0, 0.05) is 37.9 Å². The summed E-state index contributed by atoms with van der Waals surface area (Å²) in [7, 11) is 3.39. The van der Waals surface area contributed by atoms with E-state index in [0.29, 0.717) is 12.1 Å². The molecule has 0 saturated carbocycles. The lowest BCUT2D eigenvalue weighted by atomic mass is 9.79. The van der Waals surface area contributed by atoms with E-state index in [-0.39, 0.29) is 11.8 Å².